The van der Waals surface area contributed by atoms with Gasteiger partial charge >= 0.3 is 53.7 Å². The summed E-state index contributed by atoms with van der Waals surface area (Å²) in [5, 5.41) is 36.6. The third kappa shape index (κ3) is 38.9. The number of aliphatic hydroxyl groups is 4. The lowest BCUT2D eigenvalue weighted by atomic mass is 9.93. The Bertz CT molecular complexity index is 1910. The first-order valence-electron chi connectivity index (χ1n) is 27.4. The molecule has 0 fully saturated rings. The van der Waals surface area contributed by atoms with Crippen LogP contribution in [0.25, 0.3) is 0 Å². The van der Waals surface area contributed by atoms with Gasteiger partial charge in [-0.05, 0) is 80.7 Å². The van der Waals surface area contributed by atoms with Crippen LogP contribution in [0.5, 0.6) is 0 Å². The Labute approximate surface area is 496 Å². The summed E-state index contributed by atoms with van der Waals surface area (Å²) in [6, 6.07) is 9.57. The van der Waals surface area contributed by atoms with Gasteiger partial charge in [0.15, 0.2) is 12.6 Å². The molecule has 0 aliphatic heterocycles. The molecule has 6 unspecified atom stereocenters. The number of carbonyl (C=O) groups is 9. The van der Waals surface area contributed by atoms with Gasteiger partial charge in [0.1, 0.15) is 60.1 Å². The Morgan fingerprint density at radius 1 is 0.417 bits per heavy atom. The highest BCUT2D eigenvalue weighted by molar-refractivity contribution is 5.79. The van der Waals surface area contributed by atoms with Crippen molar-refractivity contribution in [1.29, 1.82) is 0 Å². The number of benzene rings is 1. The molecule has 0 aliphatic rings. The summed E-state index contributed by atoms with van der Waals surface area (Å²) in [6.07, 6.45) is 2.01. The van der Waals surface area contributed by atoms with E-state index < -0.39 is 114 Å². The van der Waals surface area contributed by atoms with Gasteiger partial charge in [-0.1, -0.05) is 57.0 Å². The molecule has 0 amide bonds. The molecule has 0 heterocycles. The molecule has 0 aliphatic carbocycles. The summed E-state index contributed by atoms with van der Waals surface area (Å²) < 4.78 is 64.3. The number of hydrogen-bond donors (Lipinski definition) is 4. The van der Waals surface area contributed by atoms with Crippen LogP contribution < -0.4 is 0 Å². The van der Waals surface area contributed by atoms with Crippen molar-refractivity contribution in [3.63, 3.8) is 0 Å². The maximum Gasteiger partial charge on any atom is 0.319 e. The van der Waals surface area contributed by atoms with Crippen LogP contribution in [0.1, 0.15) is 135 Å². The van der Waals surface area contributed by atoms with E-state index in [1.54, 1.807) is 48.8 Å². The van der Waals surface area contributed by atoms with Gasteiger partial charge in [0.2, 0.25) is 0 Å². The van der Waals surface area contributed by atoms with Crippen LogP contribution in [0.2, 0.25) is 0 Å². The SMILES string of the molecule is CCCCOC(=O)C(C)(CO)COC(C)=O.CCCCOC(=O)C(C)(CO)COC(C)=O.CCOC(C)OC(=O)C(C)(CO)COC(C)=O.CCOC(C)OC(=O)C(C)(CO)COC(C)=O.COCC(C)(COC)C(=O)OCc1ccccc1. The Morgan fingerprint density at radius 2 is 0.702 bits per heavy atom. The second-order valence-electron chi connectivity index (χ2n) is 20.3. The highest BCUT2D eigenvalue weighted by atomic mass is 16.7. The molecule has 1 rings (SSSR count). The third-order valence-corrected chi connectivity index (χ3v) is 11.2. The normalized spacial score (nSPS) is 14.2. The van der Waals surface area contributed by atoms with Crippen molar-refractivity contribution in [2.24, 2.45) is 27.1 Å². The quantitative estimate of drug-likeness (QED) is 0.0308. The molecule has 4 N–H and O–H groups in total. The molecule has 0 radical (unpaired) electrons. The standard InChI is InChI=1S/C14H20O4.2C11H20O6.2C11H20O5/c1-14(10-16-2,11-17-3)13(15)18-9-12-7-5-4-6-8-12;2*1-5-15-9(3)17-10(14)11(4,6-12)7-16-8(2)13;2*1-4-5-6-15-10(14)11(3,7-12)8-16-9(2)13/h4-8H,9-11H2,1-3H3;2*9,12H,5-7H2,1-4H3;2*12H,4-8H2,1-3H3. The minimum absolute atomic E-state index is 0.163. The maximum absolute atomic E-state index is 12.0. The summed E-state index contributed by atoms with van der Waals surface area (Å²) in [7, 11) is 3.11. The molecule has 0 aromatic heterocycles. The average Bonchev–Trinajstić information content (AvgIpc) is 3.45. The van der Waals surface area contributed by atoms with Crippen molar-refractivity contribution in [1.82, 2.24) is 0 Å². The van der Waals surface area contributed by atoms with Crippen LogP contribution in [0, 0.1) is 27.1 Å². The fourth-order valence-corrected chi connectivity index (χ4v) is 5.50. The van der Waals surface area contributed by atoms with E-state index in [1.807, 2.05) is 44.2 Å². The molecule has 1 aromatic carbocycles. The molecular formula is C58H100O26. The zero-order valence-corrected chi connectivity index (χ0v) is 52.7. The van der Waals surface area contributed by atoms with Gasteiger partial charge in [0.05, 0.1) is 52.9 Å². The van der Waals surface area contributed by atoms with Crippen LogP contribution in [-0.2, 0) is 111 Å². The zero-order chi connectivity index (χ0) is 65.6. The van der Waals surface area contributed by atoms with E-state index in [1.165, 1.54) is 55.4 Å². The summed E-state index contributed by atoms with van der Waals surface area (Å²) >= 11 is 0. The molecule has 1 aromatic rings. The first-order valence-corrected chi connectivity index (χ1v) is 27.4. The Hall–Kier alpha value is -5.87. The van der Waals surface area contributed by atoms with Crippen LogP contribution >= 0.6 is 0 Å². The van der Waals surface area contributed by atoms with Gasteiger partial charge in [-0.2, -0.15) is 0 Å². The molecule has 0 saturated carbocycles. The van der Waals surface area contributed by atoms with Gasteiger partial charge in [-0.25, -0.2) is 0 Å². The predicted molar refractivity (Wildman–Crippen MR) is 301 cm³/mol. The lowest BCUT2D eigenvalue weighted by Crippen LogP contribution is -2.40. The number of esters is 9. The molecule has 0 bridgehead atoms. The number of rotatable bonds is 35. The number of carbonyl (C=O) groups excluding carboxylic acids is 9. The largest absolute Gasteiger partial charge is 0.465 e. The molecule has 488 valence electrons. The van der Waals surface area contributed by atoms with Crippen molar-refractivity contribution >= 4 is 53.7 Å². The first-order chi connectivity index (χ1) is 39.2. The van der Waals surface area contributed by atoms with Crippen molar-refractivity contribution < 1.29 is 125 Å². The van der Waals surface area contributed by atoms with E-state index in [2.05, 4.69) is 0 Å². The van der Waals surface area contributed by atoms with Crippen LogP contribution in [0.15, 0.2) is 30.3 Å². The topological polar surface area (TPSA) is 355 Å². The van der Waals surface area contributed by atoms with Crippen LogP contribution in [-0.4, -0.2) is 193 Å². The number of aliphatic hydroxyl groups excluding tert-OH is 4. The smallest absolute Gasteiger partial charge is 0.319 e. The van der Waals surface area contributed by atoms with E-state index in [9.17, 15) is 53.4 Å². The van der Waals surface area contributed by atoms with E-state index in [0.29, 0.717) is 26.4 Å². The van der Waals surface area contributed by atoms with Crippen molar-refractivity contribution in [3.8, 4) is 0 Å². The van der Waals surface area contributed by atoms with Crippen LogP contribution in [0.3, 0.4) is 0 Å². The minimum Gasteiger partial charge on any atom is -0.465 e. The second kappa shape index (κ2) is 47.4. The molecule has 84 heavy (non-hydrogen) atoms. The van der Waals surface area contributed by atoms with E-state index in [-0.39, 0.29) is 52.2 Å². The lowest BCUT2D eigenvalue weighted by molar-refractivity contribution is -0.192. The predicted octanol–water partition coefficient (Wildman–Crippen LogP) is 4.76. The molecular weight excluding hydrogens is 1110 g/mol. The number of methoxy groups -OCH3 is 2. The Balaban J connectivity index is -0.000000477. The highest BCUT2D eigenvalue weighted by Gasteiger charge is 2.40. The molecule has 26 heteroatoms. The second-order valence-corrected chi connectivity index (χ2v) is 20.3. The summed E-state index contributed by atoms with van der Waals surface area (Å²) in [5.41, 5.74) is -4.67. The van der Waals surface area contributed by atoms with Crippen molar-refractivity contribution in [2.75, 3.05) is 107 Å². The molecule has 0 saturated heterocycles. The van der Waals surface area contributed by atoms with Gasteiger partial charge in [-0.3, -0.25) is 43.2 Å². The number of hydrogen-bond acceptors (Lipinski definition) is 26. The Morgan fingerprint density at radius 3 is 0.952 bits per heavy atom. The number of ether oxygens (including phenoxy) is 13. The molecule has 6 atom stereocenters. The van der Waals surface area contributed by atoms with Gasteiger partial charge < -0.3 is 82.0 Å². The zero-order valence-electron chi connectivity index (χ0n) is 52.7. The fraction of sp³-hybridized carbons (Fsp3) is 0.741. The summed E-state index contributed by atoms with van der Waals surface area (Å²) in [5.74, 6) is -4.72. The van der Waals surface area contributed by atoms with E-state index in [4.69, 9.17) is 71.8 Å². The van der Waals surface area contributed by atoms with Gasteiger partial charge in [-0.15, -0.1) is 0 Å². The van der Waals surface area contributed by atoms with E-state index >= 15 is 0 Å². The first kappa shape index (κ1) is 84.6. The van der Waals surface area contributed by atoms with Gasteiger partial charge in [0, 0.05) is 55.1 Å². The van der Waals surface area contributed by atoms with Crippen LogP contribution in [0.4, 0.5) is 0 Å². The fourth-order valence-electron chi connectivity index (χ4n) is 5.50. The third-order valence-electron chi connectivity index (χ3n) is 11.2. The minimum atomic E-state index is -1.27. The molecule has 0 spiro atoms. The summed E-state index contributed by atoms with van der Waals surface area (Å²) in [6.45, 7) is 23.0. The Kier molecular flexibility index (Phi) is 47.7. The highest BCUT2D eigenvalue weighted by Crippen LogP contribution is 2.23. The van der Waals surface area contributed by atoms with Crippen molar-refractivity contribution in [2.45, 2.75) is 149 Å². The molecule has 26 nitrogen and oxygen atoms in total. The van der Waals surface area contributed by atoms with Gasteiger partial charge in [0.25, 0.3) is 0 Å². The lowest BCUT2D eigenvalue weighted by Gasteiger charge is -2.26. The van der Waals surface area contributed by atoms with E-state index in [0.717, 1.165) is 31.2 Å². The van der Waals surface area contributed by atoms with Crippen molar-refractivity contribution in [3.05, 3.63) is 35.9 Å². The number of unbranched alkanes of at least 4 members (excludes halogenated alkanes) is 2. The summed E-state index contributed by atoms with van der Waals surface area (Å²) in [4.78, 5) is 101. The maximum atomic E-state index is 12.0. The monoisotopic (exact) mass is 1210 g/mol. The average molecular weight is 1210 g/mol.